The van der Waals surface area contributed by atoms with Crippen molar-refractivity contribution in [2.24, 2.45) is 0 Å². The Balaban J connectivity index is 1.80. The second kappa shape index (κ2) is 7.91. The van der Waals surface area contributed by atoms with Crippen molar-refractivity contribution in [3.05, 3.63) is 60.2 Å². The zero-order valence-electron chi connectivity index (χ0n) is 14.8. The van der Waals surface area contributed by atoms with Crippen LogP contribution < -0.4 is 4.31 Å². The van der Waals surface area contributed by atoms with Gasteiger partial charge in [0.25, 0.3) is 10.0 Å². The lowest BCUT2D eigenvalue weighted by Crippen LogP contribution is -2.27. The monoisotopic (exact) mass is 373 g/mol. The SMILES string of the molecule is CN(c1ccccc1)S(=O)(=O)c1cccc(C(=O)OC2CCCCC2)c1. The van der Waals surface area contributed by atoms with Crippen LogP contribution in [0.5, 0.6) is 0 Å². The number of esters is 1. The third kappa shape index (κ3) is 4.07. The van der Waals surface area contributed by atoms with E-state index in [4.69, 9.17) is 4.74 Å². The maximum Gasteiger partial charge on any atom is 0.338 e. The van der Waals surface area contributed by atoms with Crippen molar-refractivity contribution >= 4 is 21.7 Å². The zero-order valence-corrected chi connectivity index (χ0v) is 15.6. The van der Waals surface area contributed by atoms with Crippen molar-refractivity contribution in [3.8, 4) is 0 Å². The fraction of sp³-hybridized carbons (Fsp3) is 0.350. The molecule has 0 radical (unpaired) electrons. The fourth-order valence-corrected chi connectivity index (χ4v) is 4.36. The lowest BCUT2D eigenvalue weighted by Gasteiger charge is -2.22. The second-order valence-electron chi connectivity index (χ2n) is 6.50. The first-order chi connectivity index (χ1) is 12.5. The van der Waals surface area contributed by atoms with E-state index in [9.17, 15) is 13.2 Å². The number of hydrogen-bond acceptors (Lipinski definition) is 4. The molecule has 2 aromatic carbocycles. The average molecular weight is 373 g/mol. The number of benzene rings is 2. The number of para-hydroxylation sites is 1. The van der Waals surface area contributed by atoms with Crippen LogP contribution >= 0.6 is 0 Å². The van der Waals surface area contributed by atoms with E-state index in [0.29, 0.717) is 5.69 Å². The van der Waals surface area contributed by atoms with E-state index in [-0.39, 0.29) is 16.6 Å². The molecule has 0 bridgehead atoms. The van der Waals surface area contributed by atoms with Crippen LogP contribution in [0.25, 0.3) is 0 Å². The lowest BCUT2D eigenvalue weighted by molar-refractivity contribution is 0.0211. The number of nitrogens with zero attached hydrogens (tertiary/aromatic N) is 1. The third-order valence-corrected chi connectivity index (χ3v) is 6.46. The normalized spacial score (nSPS) is 15.4. The Bertz CT molecular complexity index is 858. The van der Waals surface area contributed by atoms with Gasteiger partial charge in [0.2, 0.25) is 0 Å². The number of carbonyl (C=O) groups excluding carboxylic acids is 1. The number of ether oxygens (including phenoxy) is 1. The van der Waals surface area contributed by atoms with Crippen LogP contribution in [0.3, 0.4) is 0 Å². The summed E-state index contributed by atoms with van der Waals surface area (Å²) in [6.45, 7) is 0. The molecule has 1 saturated carbocycles. The number of carbonyl (C=O) groups is 1. The van der Waals surface area contributed by atoms with Gasteiger partial charge in [-0.1, -0.05) is 30.7 Å². The Hall–Kier alpha value is -2.34. The van der Waals surface area contributed by atoms with Gasteiger partial charge >= 0.3 is 5.97 Å². The molecule has 0 spiro atoms. The summed E-state index contributed by atoms with van der Waals surface area (Å²) in [5, 5.41) is 0. The molecule has 1 aliphatic carbocycles. The van der Waals surface area contributed by atoms with Gasteiger partial charge in [-0.15, -0.1) is 0 Å². The topological polar surface area (TPSA) is 63.7 Å². The van der Waals surface area contributed by atoms with Gasteiger partial charge in [0, 0.05) is 7.05 Å². The van der Waals surface area contributed by atoms with Crippen LogP contribution in [0.1, 0.15) is 42.5 Å². The molecule has 0 atom stereocenters. The maximum atomic E-state index is 12.9. The van der Waals surface area contributed by atoms with Crippen molar-refractivity contribution < 1.29 is 17.9 Å². The predicted octanol–water partition coefficient (Wildman–Crippen LogP) is 4.00. The molecular formula is C20H23NO4S. The third-order valence-electron chi connectivity index (χ3n) is 4.67. The predicted molar refractivity (Wildman–Crippen MR) is 101 cm³/mol. The van der Waals surface area contributed by atoms with E-state index < -0.39 is 16.0 Å². The molecule has 26 heavy (non-hydrogen) atoms. The number of sulfonamides is 1. The van der Waals surface area contributed by atoms with Gasteiger partial charge in [0.1, 0.15) is 6.10 Å². The van der Waals surface area contributed by atoms with E-state index in [1.165, 1.54) is 29.9 Å². The Labute approximate surface area is 154 Å². The maximum absolute atomic E-state index is 12.9. The summed E-state index contributed by atoms with van der Waals surface area (Å²) in [7, 11) is -2.26. The molecule has 0 saturated heterocycles. The minimum Gasteiger partial charge on any atom is -0.459 e. The summed E-state index contributed by atoms with van der Waals surface area (Å²) >= 11 is 0. The molecule has 1 fully saturated rings. The molecule has 0 heterocycles. The highest BCUT2D eigenvalue weighted by Gasteiger charge is 2.24. The van der Waals surface area contributed by atoms with Gasteiger partial charge in [-0.05, 0) is 56.0 Å². The summed E-state index contributed by atoms with van der Waals surface area (Å²) < 4.78 is 32.5. The zero-order chi connectivity index (χ0) is 18.6. The molecule has 0 amide bonds. The van der Waals surface area contributed by atoms with Crippen molar-refractivity contribution in [2.75, 3.05) is 11.4 Å². The molecule has 138 valence electrons. The average Bonchev–Trinajstić information content (AvgIpc) is 2.69. The summed E-state index contributed by atoms with van der Waals surface area (Å²) in [5.74, 6) is -0.462. The van der Waals surface area contributed by atoms with Crippen LogP contribution in [0.4, 0.5) is 5.69 Å². The van der Waals surface area contributed by atoms with Crippen LogP contribution in [-0.4, -0.2) is 27.5 Å². The fourth-order valence-electron chi connectivity index (χ4n) is 3.12. The first kappa shape index (κ1) is 18.5. The van der Waals surface area contributed by atoms with Gasteiger partial charge in [-0.2, -0.15) is 0 Å². The number of anilines is 1. The minimum absolute atomic E-state index is 0.0662. The molecule has 0 unspecified atom stereocenters. The van der Waals surface area contributed by atoms with Crippen LogP contribution in [0.2, 0.25) is 0 Å². The van der Waals surface area contributed by atoms with E-state index in [1.807, 2.05) is 6.07 Å². The minimum atomic E-state index is -3.76. The van der Waals surface area contributed by atoms with Crippen LogP contribution in [0.15, 0.2) is 59.5 Å². The highest BCUT2D eigenvalue weighted by Crippen LogP contribution is 2.24. The van der Waals surface area contributed by atoms with E-state index in [2.05, 4.69) is 0 Å². The van der Waals surface area contributed by atoms with Crippen LogP contribution in [0, 0.1) is 0 Å². The standard InChI is InChI=1S/C20H23NO4S/c1-21(17-10-4-2-5-11-17)26(23,24)19-14-8-9-16(15-19)20(22)25-18-12-6-3-7-13-18/h2,4-5,8-11,14-15,18H,3,6-7,12-13H2,1H3. The van der Waals surface area contributed by atoms with E-state index in [1.54, 1.807) is 36.4 Å². The quantitative estimate of drug-likeness (QED) is 0.743. The molecular weight excluding hydrogens is 350 g/mol. The van der Waals surface area contributed by atoms with Crippen molar-refractivity contribution in [1.29, 1.82) is 0 Å². The highest BCUT2D eigenvalue weighted by molar-refractivity contribution is 7.92. The van der Waals surface area contributed by atoms with Gasteiger partial charge < -0.3 is 4.74 Å². The summed E-state index contributed by atoms with van der Waals surface area (Å²) in [6.07, 6.45) is 4.99. The number of hydrogen-bond donors (Lipinski definition) is 0. The smallest absolute Gasteiger partial charge is 0.338 e. The summed E-state index contributed by atoms with van der Waals surface area (Å²) in [5.41, 5.74) is 0.820. The number of rotatable bonds is 5. The van der Waals surface area contributed by atoms with Crippen molar-refractivity contribution in [2.45, 2.75) is 43.1 Å². The van der Waals surface area contributed by atoms with Gasteiger partial charge in [0.15, 0.2) is 0 Å². The molecule has 0 aliphatic heterocycles. The molecule has 2 aromatic rings. The van der Waals surface area contributed by atoms with Crippen LogP contribution in [-0.2, 0) is 14.8 Å². The molecule has 0 N–H and O–H groups in total. The summed E-state index contributed by atoms with van der Waals surface area (Å²) in [4.78, 5) is 12.5. The van der Waals surface area contributed by atoms with Gasteiger partial charge in [0.05, 0.1) is 16.1 Å². The second-order valence-corrected chi connectivity index (χ2v) is 8.47. The molecule has 6 heteroatoms. The highest BCUT2D eigenvalue weighted by atomic mass is 32.2. The first-order valence-corrected chi connectivity index (χ1v) is 10.3. The molecule has 5 nitrogen and oxygen atoms in total. The largest absolute Gasteiger partial charge is 0.459 e. The Morgan fingerprint density at radius 1 is 1.00 bits per heavy atom. The lowest BCUT2D eigenvalue weighted by atomic mass is 9.98. The molecule has 3 rings (SSSR count). The first-order valence-electron chi connectivity index (χ1n) is 8.83. The van der Waals surface area contributed by atoms with Gasteiger partial charge in [-0.3, -0.25) is 4.31 Å². The molecule has 0 aromatic heterocycles. The molecule has 1 aliphatic rings. The van der Waals surface area contributed by atoms with Crippen molar-refractivity contribution in [1.82, 2.24) is 0 Å². The Morgan fingerprint density at radius 3 is 2.38 bits per heavy atom. The van der Waals surface area contributed by atoms with Gasteiger partial charge in [-0.25, -0.2) is 13.2 Å². The summed E-state index contributed by atoms with van der Waals surface area (Å²) in [6, 6.07) is 14.9. The van der Waals surface area contributed by atoms with Crippen molar-refractivity contribution in [3.63, 3.8) is 0 Å². The Morgan fingerprint density at radius 2 is 1.69 bits per heavy atom. The van der Waals surface area contributed by atoms with E-state index >= 15 is 0 Å². The Kier molecular flexibility index (Phi) is 5.61. The van der Waals surface area contributed by atoms with E-state index in [0.717, 1.165) is 25.7 Å².